The van der Waals surface area contributed by atoms with E-state index in [0.717, 1.165) is 66.6 Å². The van der Waals surface area contributed by atoms with Gasteiger partial charge in [-0.2, -0.15) is 5.10 Å². The fourth-order valence-corrected chi connectivity index (χ4v) is 6.15. The van der Waals surface area contributed by atoms with Gasteiger partial charge in [-0.15, -0.1) is 0 Å². The van der Waals surface area contributed by atoms with Crippen LogP contribution in [0.5, 0.6) is 5.75 Å². The van der Waals surface area contributed by atoms with Crippen molar-refractivity contribution in [2.45, 2.75) is 64.5 Å². The van der Waals surface area contributed by atoms with Crippen LogP contribution in [-0.2, 0) is 25.9 Å². The number of likely N-dealkylation sites (tertiary alicyclic amines) is 1. The Morgan fingerprint density at radius 2 is 1.97 bits per heavy atom. The Balaban J connectivity index is 1.23. The maximum atomic E-state index is 13.2. The molecule has 0 saturated carbocycles. The summed E-state index contributed by atoms with van der Waals surface area (Å²) < 4.78 is 6.11. The molecule has 0 spiro atoms. The Hall–Kier alpha value is -3.04. The van der Waals surface area contributed by atoms with Crippen LogP contribution in [0.15, 0.2) is 35.1 Å². The van der Waals surface area contributed by atoms with Crippen molar-refractivity contribution >= 4 is 17.2 Å². The number of fused-ring (bicyclic) bond motifs is 1. The van der Waals surface area contributed by atoms with E-state index in [9.17, 15) is 9.59 Å². The number of benzene rings is 1. The van der Waals surface area contributed by atoms with Crippen LogP contribution in [0.2, 0.25) is 0 Å². The number of amides is 1. The molecule has 9 heteroatoms. The summed E-state index contributed by atoms with van der Waals surface area (Å²) in [5.74, 6) is 0.970. The summed E-state index contributed by atoms with van der Waals surface area (Å²) in [5.41, 5.74) is 5.41. The number of rotatable bonds is 8. The molecule has 1 atom stereocenters. The number of piperidine rings is 1. The number of ether oxygens (including phenoxy) is 1. The predicted octanol–water partition coefficient (Wildman–Crippen LogP) is 3.68. The first-order valence-electron chi connectivity index (χ1n) is 13.2. The highest BCUT2D eigenvalue weighted by molar-refractivity contribution is 7.08. The first-order valence-corrected chi connectivity index (χ1v) is 14.0. The van der Waals surface area contributed by atoms with E-state index in [-0.39, 0.29) is 16.8 Å². The van der Waals surface area contributed by atoms with Gasteiger partial charge in [0.05, 0.1) is 0 Å². The molecular weight excluding hydrogens is 486 g/mol. The SMILES string of the molecule is Cc1cc(COc2ccc(C(=O)NC(Cc3n[nH]c(=O)s3)C3CCN(C)CC3)cc2)c2c(n1)CCCC2. The number of carbonyl (C=O) groups excluding carboxylic acids is 1. The average molecular weight is 522 g/mol. The minimum Gasteiger partial charge on any atom is -0.489 e. The van der Waals surface area contributed by atoms with Crippen LogP contribution in [-0.4, -0.2) is 52.2 Å². The number of hydrogen-bond donors (Lipinski definition) is 2. The van der Waals surface area contributed by atoms with Crippen molar-refractivity contribution in [3.05, 3.63) is 73.1 Å². The van der Waals surface area contributed by atoms with E-state index in [1.807, 2.05) is 31.2 Å². The molecule has 0 bridgehead atoms. The van der Waals surface area contributed by atoms with Crippen LogP contribution in [0.25, 0.3) is 0 Å². The molecule has 1 amide bonds. The Morgan fingerprint density at radius 3 is 2.70 bits per heavy atom. The zero-order valence-corrected chi connectivity index (χ0v) is 22.4. The number of aromatic amines is 1. The van der Waals surface area contributed by atoms with Crippen molar-refractivity contribution in [3.63, 3.8) is 0 Å². The minimum atomic E-state index is -0.165. The van der Waals surface area contributed by atoms with Crippen LogP contribution in [0.1, 0.15) is 63.6 Å². The molecule has 1 fully saturated rings. The predicted molar refractivity (Wildman–Crippen MR) is 144 cm³/mol. The van der Waals surface area contributed by atoms with Crippen LogP contribution >= 0.6 is 11.3 Å². The molecule has 3 heterocycles. The van der Waals surface area contributed by atoms with Gasteiger partial charge in [0.15, 0.2) is 0 Å². The number of nitrogens with one attached hydrogen (secondary N) is 2. The molecule has 196 valence electrons. The lowest BCUT2D eigenvalue weighted by molar-refractivity contribution is 0.0901. The third-order valence-electron chi connectivity index (χ3n) is 7.56. The molecule has 1 aliphatic heterocycles. The number of pyridine rings is 1. The van der Waals surface area contributed by atoms with Gasteiger partial charge in [0.25, 0.3) is 5.91 Å². The van der Waals surface area contributed by atoms with Crippen LogP contribution < -0.4 is 14.9 Å². The van der Waals surface area contributed by atoms with Crippen molar-refractivity contribution in [3.8, 4) is 5.75 Å². The van der Waals surface area contributed by atoms with Gasteiger partial charge in [-0.05, 0) is 113 Å². The zero-order chi connectivity index (χ0) is 25.8. The molecule has 8 nitrogen and oxygen atoms in total. The second kappa shape index (κ2) is 11.6. The number of nitrogens with zero attached hydrogens (tertiary/aromatic N) is 3. The average Bonchev–Trinajstić information content (AvgIpc) is 3.32. The molecule has 0 radical (unpaired) electrons. The molecule has 2 aliphatic rings. The molecule has 5 rings (SSSR count). The molecule has 2 aromatic heterocycles. The van der Waals surface area contributed by atoms with Gasteiger partial charge >= 0.3 is 4.87 Å². The monoisotopic (exact) mass is 521 g/mol. The van der Waals surface area contributed by atoms with Crippen LogP contribution in [0, 0.1) is 12.8 Å². The van der Waals surface area contributed by atoms with Crippen molar-refractivity contribution in [2.24, 2.45) is 5.92 Å². The standard InChI is InChI=1S/C28H35N5O3S/c1-18-15-21(23-5-3-4-6-24(23)29-18)17-36-22-9-7-20(8-10-22)27(34)30-25(16-26-31-32-28(35)37-26)19-11-13-33(2)14-12-19/h7-10,15,19,25H,3-6,11-14,16-17H2,1-2H3,(H,30,34)(H,32,35). The third kappa shape index (κ3) is 6.45. The van der Waals surface area contributed by atoms with E-state index >= 15 is 0 Å². The first-order chi connectivity index (χ1) is 17.9. The maximum absolute atomic E-state index is 13.2. The highest BCUT2D eigenvalue weighted by Gasteiger charge is 2.28. The fraction of sp³-hybridized carbons (Fsp3) is 0.500. The lowest BCUT2D eigenvalue weighted by atomic mass is 9.87. The van der Waals surface area contributed by atoms with E-state index in [4.69, 9.17) is 9.72 Å². The summed E-state index contributed by atoms with van der Waals surface area (Å²) >= 11 is 1.11. The van der Waals surface area contributed by atoms with E-state index in [2.05, 4.69) is 33.5 Å². The first kappa shape index (κ1) is 25.6. The second-order valence-electron chi connectivity index (χ2n) is 10.3. The van der Waals surface area contributed by atoms with Gasteiger partial charge in [-0.3, -0.25) is 14.6 Å². The molecule has 1 unspecified atom stereocenters. The normalized spacial score (nSPS) is 17.2. The zero-order valence-electron chi connectivity index (χ0n) is 21.6. The topological polar surface area (TPSA) is 100 Å². The fourth-order valence-electron chi connectivity index (χ4n) is 5.49. The van der Waals surface area contributed by atoms with Crippen molar-refractivity contribution in [1.29, 1.82) is 0 Å². The summed E-state index contributed by atoms with van der Waals surface area (Å²) in [4.78, 5) is 31.6. The number of H-pyrrole nitrogens is 1. The van der Waals surface area contributed by atoms with Crippen molar-refractivity contribution < 1.29 is 9.53 Å². The molecule has 3 aromatic rings. The van der Waals surface area contributed by atoms with E-state index in [0.29, 0.717) is 24.5 Å². The number of hydrogen-bond acceptors (Lipinski definition) is 7. The molecule has 1 saturated heterocycles. The van der Waals surface area contributed by atoms with Crippen LogP contribution in [0.4, 0.5) is 0 Å². The van der Waals surface area contributed by atoms with Gasteiger partial charge in [0, 0.05) is 29.4 Å². The summed E-state index contributed by atoms with van der Waals surface area (Å²) in [7, 11) is 2.12. The van der Waals surface area contributed by atoms with E-state index in [1.165, 1.54) is 29.7 Å². The van der Waals surface area contributed by atoms with Crippen molar-refractivity contribution in [2.75, 3.05) is 20.1 Å². The maximum Gasteiger partial charge on any atom is 0.322 e. The number of carbonyl (C=O) groups is 1. The molecule has 1 aromatic carbocycles. The lowest BCUT2D eigenvalue weighted by Gasteiger charge is -2.34. The highest BCUT2D eigenvalue weighted by atomic mass is 32.1. The summed E-state index contributed by atoms with van der Waals surface area (Å²) in [6, 6.07) is 9.41. The highest BCUT2D eigenvalue weighted by Crippen LogP contribution is 2.26. The van der Waals surface area contributed by atoms with E-state index < -0.39 is 0 Å². The van der Waals surface area contributed by atoms with Gasteiger partial charge < -0.3 is 15.0 Å². The lowest BCUT2D eigenvalue weighted by Crippen LogP contribution is -2.46. The van der Waals surface area contributed by atoms with E-state index in [1.54, 1.807) is 0 Å². The smallest absolute Gasteiger partial charge is 0.322 e. The van der Waals surface area contributed by atoms with Gasteiger partial charge in [-0.1, -0.05) is 11.3 Å². The quantitative estimate of drug-likeness (QED) is 0.469. The minimum absolute atomic E-state index is 0.0721. The second-order valence-corrected chi connectivity index (χ2v) is 11.3. The molecule has 1 aliphatic carbocycles. The summed E-state index contributed by atoms with van der Waals surface area (Å²) in [6.07, 6.45) is 7.08. The van der Waals surface area contributed by atoms with Crippen molar-refractivity contribution in [1.82, 2.24) is 25.4 Å². The Kier molecular flexibility index (Phi) is 8.00. The molecular formula is C28H35N5O3S. The summed E-state index contributed by atoms with van der Waals surface area (Å²) in [6.45, 7) is 4.54. The molecule has 37 heavy (non-hydrogen) atoms. The van der Waals surface area contributed by atoms with Gasteiger partial charge in [-0.25, -0.2) is 5.10 Å². The molecule has 2 N–H and O–H groups in total. The Morgan fingerprint density at radius 1 is 1.22 bits per heavy atom. The van der Waals surface area contributed by atoms with Crippen LogP contribution in [0.3, 0.4) is 0 Å². The van der Waals surface area contributed by atoms with Gasteiger partial charge in [0.1, 0.15) is 17.4 Å². The number of aromatic nitrogens is 3. The largest absolute Gasteiger partial charge is 0.489 e. The van der Waals surface area contributed by atoms with Gasteiger partial charge in [0.2, 0.25) is 0 Å². The summed E-state index contributed by atoms with van der Waals surface area (Å²) in [5, 5.41) is 10.6. The number of aryl methyl sites for hydroxylation is 2. The Bertz CT molecular complexity index is 1280. The third-order valence-corrected chi connectivity index (χ3v) is 8.33. The Labute approximate surface area is 221 Å².